The summed E-state index contributed by atoms with van der Waals surface area (Å²) >= 11 is 0. The zero-order valence-corrected chi connectivity index (χ0v) is 11.6. The SMILES string of the molecule is O=CNCCCOc1cccc(CN2CCC(O)C2)c1. The molecule has 1 unspecified atom stereocenters. The van der Waals surface area contributed by atoms with Gasteiger partial charge in [-0.2, -0.15) is 0 Å². The summed E-state index contributed by atoms with van der Waals surface area (Å²) in [5.74, 6) is 0.855. The van der Waals surface area contributed by atoms with Gasteiger partial charge in [-0.3, -0.25) is 9.69 Å². The first-order valence-electron chi connectivity index (χ1n) is 7.07. The Kier molecular flexibility index (Phi) is 5.83. The van der Waals surface area contributed by atoms with Gasteiger partial charge in [-0.1, -0.05) is 12.1 Å². The van der Waals surface area contributed by atoms with Gasteiger partial charge in [-0.15, -0.1) is 0 Å². The van der Waals surface area contributed by atoms with Crippen molar-refractivity contribution in [3.63, 3.8) is 0 Å². The quantitative estimate of drug-likeness (QED) is 0.544. The molecule has 2 N–H and O–H groups in total. The number of hydrogen-bond acceptors (Lipinski definition) is 4. The molecule has 1 aromatic carbocycles. The predicted molar refractivity (Wildman–Crippen MR) is 76.5 cm³/mol. The zero-order valence-electron chi connectivity index (χ0n) is 11.6. The maximum Gasteiger partial charge on any atom is 0.207 e. The zero-order chi connectivity index (χ0) is 14.2. The Labute approximate surface area is 119 Å². The van der Waals surface area contributed by atoms with Gasteiger partial charge in [0, 0.05) is 26.2 Å². The van der Waals surface area contributed by atoms with Gasteiger partial charge in [0.15, 0.2) is 0 Å². The number of ether oxygens (including phenoxy) is 1. The molecule has 0 spiro atoms. The van der Waals surface area contributed by atoms with E-state index in [1.165, 1.54) is 5.56 Å². The van der Waals surface area contributed by atoms with Crippen LogP contribution in [0.3, 0.4) is 0 Å². The van der Waals surface area contributed by atoms with Gasteiger partial charge < -0.3 is 15.2 Å². The minimum absolute atomic E-state index is 0.181. The third-order valence-corrected chi connectivity index (χ3v) is 3.37. The maximum atomic E-state index is 10.1. The number of aliphatic hydroxyl groups excluding tert-OH is 1. The van der Waals surface area contributed by atoms with Crippen LogP contribution in [0.1, 0.15) is 18.4 Å². The molecule has 20 heavy (non-hydrogen) atoms. The number of carbonyl (C=O) groups is 1. The second-order valence-electron chi connectivity index (χ2n) is 5.10. The summed E-state index contributed by atoms with van der Waals surface area (Å²) in [5, 5.41) is 12.1. The van der Waals surface area contributed by atoms with Crippen molar-refractivity contribution >= 4 is 6.41 Å². The van der Waals surface area contributed by atoms with Gasteiger partial charge in [-0.05, 0) is 30.5 Å². The van der Waals surface area contributed by atoms with Crippen molar-refractivity contribution in [3.8, 4) is 5.75 Å². The Morgan fingerprint density at radius 2 is 2.40 bits per heavy atom. The molecule has 1 aliphatic rings. The van der Waals surface area contributed by atoms with Crippen LogP contribution in [0.4, 0.5) is 0 Å². The van der Waals surface area contributed by atoms with Gasteiger partial charge >= 0.3 is 0 Å². The summed E-state index contributed by atoms with van der Waals surface area (Å²) in [7, 11) is 0. The van der Waals surface area contributed by atoms with E-state index in [4.69, 9.17) is 4.74 Å². The smallest absolute Gasteiger partial charge is 0.207 e. The Morgan fingerprint density at radius 1 is 1.50 bits per heavy atom. The molecule has 1 amide bonds. The summed E-state index contributed by atoms with van der Waals surface area (Å²) in [6.07, 6.45) is 2.17. The van der Waals surface area contributed by atoms with Crippen LogP contribution in [0.5, 0.6) is 5.75 Å². The Morgan fingerprint density at radius 3 is 3.15 bits per heavy atom. The van der Waals surface area contributed by atoms with Gasteiger partial charge in [0.1, 0.15) is 5.75 Å². The van der Waals surface area contributed by atoms with Crippen LogP contribution in [0, 0.1) is 0 Å². The standard InChI is InChI=1S/C15H22N2O3/c18-12-16-6-2-8-20-15-4-1-3-13(9-15)10-17-7-5-14(19)11-17/h1,3-4,9,12,14,19H,2,5-8,10-11H2,(H,16,18). The lowest BCUT2D eigenvalue weighted by Crippen LogP contribution is -2.21. The largest absolute Gasteiger partial charge is 0.494 e. The van der Waals surface area contributed by atoms with Crippen LogP contribution >= 0.6 is 0 Å². The molecule has 1 aromatic rings. The molecular formula is C15H22N2O3. The third kappa shape index (κ3) is 4.83. The van der Waals surface area contributed by atoms with E-state index in [0.717, 1.165) is 38.2 Å². The van der Waals surface area contributed by atoms with Crippen LogP contribution in [0.25, 0.3) is 0 Å². The first kappa shape index (κ1) is 14.8. The van der Waals surface area contributed by atoms with Crippen LogP contribution in [-0.4, -0.2) is 48.8 Å². The van der Waals surface area contributed by atoms with E-state index in [1.54, 1.807) is 0 Å². The molecule has 1 aliphatic heterocycles. The molecule has 0 saturated carbocycles. The van der Waals surface area contributed by atoms with Gasteiger partial charge in [-0.25, -0.2) is 0 Å². The average Bonchev–Trinajstić information content (AvgIpc) is 2.84. The number of nitrogens with zero attached hydrogens (tertiary/aromatic N) is 1. The van der Waals surface area contributed by atoms with Gasteiger partial charge in [0.2, 0.25) is 6.41 Å². The van der Waals surface area contributed by atoms with E-state index >= 15 is 0 Å². The second kappa shape index (κ2) is 7.87. The fraction of sp³-hybridized carbons (Fsp3) is 0.533. The molecule has 1 atom stereocenters. The highest BCUT2D eigenvalue weighted by Gasteiger charge is 2.19. The van der Waals surface area contributed by atoms with Crippen molar-refractivity contribution in [1.82, 2.24) is 10.2 Å². The van der Waals surface area contributed by atoms with E-state index in [9.17, 15) is 9.90 Å². The molecule has 2 rings (SSSR count). The number of carbonyl (C=O) groups excluding carboxylic acids is 1. The Bertz CT molecular complexity index is 425. The highest BCUT2D eigenvalue weighted by molar-refractivity contribution is 5.45. The van der Waals surface area contributed by atoms with E-state index in [0.29, 0.717) is 19.6 Å². The molecule has 1 saturated heterocycles. The van der Waals surface area contributed by atoms with E-state index < -0.39 is 0 Å². The number of β-amino-alcohol motifs (C(OH)–C–C–N with tert-alkyl or cyclic N) is 1. The van der Waals surface area contributed by atoms with E-state index in [-0.39, 0.29) is 6.10 Å². The minimum Gasteiger partial charge on any atom is -0.494 e. The fourth-order valence-electron chi connectivity index (χ4n) is 2.37. The molecule has 5 heteroatoms. The number of amides is 1. The molecule has 0 bridgehead atoms. The lowest BCUT2D eigenvalue weighted by atomic mass is 10.2. The molecule has 0 radical (unpaired) electrons. The summed E-state index contributed by atoms with van der Waals surface area (Å²) in [4.78, 5) is 12.3. The minimum atomic E-state index is -0.181. The fourth-order valence-corrected chi connectivity index (χ4v) is 2.37. The maximum absolute atomic E-state index is 10.1. The van der Waals surface area contributed by atoms with Crippen LogP contribution in [0.2, 0.25) is 0 Å². The summed E-state index contributed by atoms with van der Waals surface area (Å²) in [5.41, 5.74) is 1.20. The van der Waals surface area contributed by atoms with Crippen molar-refractivity contribution in [3.05, 3.63) is 29.8 Å². The number of benzene rings is 1. The van der Waals surface area contributed by atoms with E-state index in [1.807, 2.05) is 18.2 Å². The number of rotatable bonds is 8. The van der Waals surface area contributed by atoms with Crippen LogP contribution in [-0.2, 0) is 11.3 Å². The normalized spacial score (nSPS) is 18.9. The van der Waals surface area contributed by atoms with Crippen molar-refractivity contribution < 1.29 is 14.6 Å². The Balaban J connectivity index is 1.77. The Hall–Kier alpha value is -1.59. The van der Waals surface area contributed by atoms with Crippen molar-refractivity contribution in [2.45, 2.75) is 25.5 Å². The number of hydrogen-bond donors (Lipinski definition) is 2. The number of nitrogens with one attached hydrogen (secondary N) is 1. The molecule has 0 aliphatic carbocycles. The molecular weight excluding hydrogens is 256 g/mol. The molecule has 1 fully saturated rings. The first-order chi connectivity index (χ1) is 9.78. The van der Waals surface area contributed by atoms with Gasteiger partial charge in [0.25, 0.3) is 0 Å². The summed E-state index contributed by atoms with van der Waals surface area (Å²) < 4.78 is 5.65. The topological polar surface area (TPSA) is 61.8 Å². The highest BCUT2D eigenvalue weighted by Crippen LogP contribution is 2.17. The molecule has 1 heterocycles. The first-order valence-corrected chi connectivity index (χ1v) is 7.07. The third-order valence-electron chi connectivity index (χ3n) is 3.37. The lowest BCUT2D eigenvalue weighted by molar-refractivity contribution is -0.109. The summed E-state index contributed by atoms with van der Waals surface area (Å²) in [6, 6.07) is 8.04. The number of likely N-dealkylation sites (tertiary alicyclic amines) is 1. The molecule has 5 nitrogen and oxygen atoms in total. The van der Waals surface area contributed by atoms with Crippen LogP contribution in [0.15, 0.2) is 24.3 Å². The molecule has 0 aromatic heterocycles. The second-order valence-corrected chi connectivity index (χ2v) is 5.10. The van der Waals surface area contributed by atoms with Crippen molar-refractivity contribution in [1.29, 1.82) is 0 Å². The summed E-state index contributed by atoms with van der Waals surface area (Å²) in [6.45, 7) is 3.77. The monoisotopic (exact) mass is 278 g/mol. The van der Waals surface area contributed by atoms with Crippen molar-refractivity contribution in [2.24, 2.45) is 0 Å². The lowest BCUT2D eigenvalue weighted by Gasteiger charge is -2.15. The average molecular weight is 278 g/mol. The van der Waals surface area contributed by atoms with Crippen molar-refractivity contribution in [2.75, 3.05) is 26.2 Å². The predicted octanol–water partition coefficient (Wildman–Crippen LogP) is 0.768. The molecule has 110 valence electrons. The van der Waals surface area contributed by atoms with Gasteiger partial charge in [0.05, 0.1) is 12.7 Å². The highest BCUT2D eigenvalue weighted by atomic mass is 16.5. The van der Waals surface area contributed by atoms with E-state index in [2.05, 4.69) is 16.3 Å². The number of aliphatic hydroxyl groups is 1. The van der Waals surface area contributed by atoms with Crippen LogP contribution < -0.4 is 10.1 Å².